The van der Waals surface area contributed by atoms with Crippen molar-refractivity contribution in [1.82, 2.24) is 15.5 Å². The van der Waals surface area contributed by atoms with Gasteiger partial charge in [-0.3, -0.25) is 4.79 Å². The van der Waals surface area contributed by atoms with E-state index in [0.717, 1.165) is 19.3 Å². The zero-order valence-electron chi connectivity index (χ0n) is 12.9. The van der Waals surface area contributed by atoms with Gasteiger partial charge >= 0.3 is 0 Å². The SMILES string of the molecule is CCCCCNC(=O)c1ccc(NCc2ccccc2)nn1. The molecule has 0 atom stereocenters. The van der Waals surface area contributed by atoms with Crippen molar-refractivity contribution in [3.05, 3.63) is 53.7 Å². The van der Waals surface area contributed by atoms with Crippen LogP contribution in [0.5, 0.6) is 0 Å². The second kappa shape index (κ2) is 8.77. The number of benzene rings is 1. The quantitative estimate of drug-likeness (QED) is 0.735. The number of amides is 1. The Morgan fingerprint density at radius 3 is 2.55 bits per heavy atom. The maximum atomic E-state index is 11.9. The van der Waals surface area contributed by atoms with E-state index in [0.29, 0.717) is 24.6 Å². The third kappa shape index (κ3) is 5.16. The fraction of sp³-hybridized carbons (Fsp3) is 0.353. The summed E-state index contributed by atoms with van der Waals surface area (Å²) in [5.41, 5.74) is 1.52. The van der Waals surface area contributed by atoms with Crippen molar-refractivity contribution < 1.29 is 4.79 Å². The van der Waals surface area contributed by atoms with E-state index >= 15 is 0 Å². The van der Waals surface area contributed by atoms with Gasteiger partial charge in [-0.15, -0.1) is 10.2 Å². The first kappa shape index (κ1) is 15.9. The maximum Gasteiger partial charge on any atom is 0.271 e. The molecule has 1 amide bonds. The van der Waals surface area contributed by atoms with Crippen LogP contribution in [-0.2, 0) is 6.54 Å². The lowest BCUT2D eigenvalue weighted by Gasteiger charge is -2.06. The van der Waals surface area contributed by atoms with Gasteiger partial charge in [-0.25, -0.2) is 0 Å². The van der Waals surface area contributed by atoms with Crippen molar-refractivity contribution in [2.24, 2.45) is 0 Å². The fourth-order valence-electron chi connectivity index (χ4n) is 2.00. The van der Waals surface area contributed by atoms with Crippen LogP contribution in [0.2, 0.25) is 0 Å². The summed E-state index contributed by atoms with van der Waals surface area (Å²) in [6, 6.07) is 13.5. The van der Waals surface area contributed by atoms with Gasteiger partial charge in [-0.1, -0.05) is 50.1 Å². The van der Waals surface area contributed by atoms with Gasteiger partial charge < -0.3 is 10.6 Å². The molecule has 116 valence electrons. The van der Waals surface area contributed by atoms with E-state index in [1.165, 1.54) is 5.56 Å². The Morgan fingerprint density at radius 2 is 1.86 bits per heavy atom. The van der Waals surface area contributed by atoms with Gasteiger partial charge in [-0.2, -0.15) is 0 Å². The van der Waals surface area contributed by atoms with Crippen molar-refractivity contribution in [3.63, 3.8) is 0 Å². The second-order valence-corrected chi connectivity index (χ2v) is 5.11. The summed E-state index contributed by atoms with van der Waals surface area (Å²) in [5.74, 6) is 0.490. The highest BCUT2D eigenvalue weighted by molar-refractivity contribution is 5.92. The number of carbonyl (C=O) groups excluding carboxylic acids is 1. The van der Waals surface area contributed by atoms with E-state index in [2.05, 4.69) is 27.8 Å². The van der Waals surface area contributed by atoms with E-state index in [-0.39, 0.29) is 5.91 Å². The van der Waals surface area contributed by atoms with Crippen molar-refractivity contribution in [1.29, 1.82) is 0 Å². The lowest BCUT2D eigenvalue weighted by atomic mass is 10.2. The summed E-state index contributed by atoms with van der Waals surface area (Å²) < 4.78 is 0. The molecule has 0 aliphatic heterocycles. The van der Waals surface area contributed by atoms with Crippen LogP contribution in [0, 0.1) is 0 Å². The van der Waals surface area contributed by atoms with Gasteiger partial charge in [0, 0.05) is 13.1 Å². The summed E-state index contributed by atoms with van der Waals surface area (Å²) in [4.78, 5) is 11.9. The predicted molar refractivity (Wildman–Crippen MR) is 87.7 cm³/mol. The molecule has 0 aliphatic carbocycles. The smallest absolute Gasteiger partial charge is 0.271 e. The van der Waals surface area contributed by atoms with Crippen LogP contribution in [0.4, 0.5) is 5.82 Å². The van der Waals surface area contributed by atoms with Crippen molar-refractivity contribution in [3.8, 4) is 0 Å². The number of anilines is 1. The van der Waals surface area contributed by atoms with E-state index in [4.69, 9.17) is 0 Å². The largest absolute Gasteiger partial charge is 0.365 e. The minimum atomic E-state index is -0.168. The van der Waals surface area contributed by atoms with Crippen LogP contribution in [0.3, 0.4) is 0 Å². The minimum Gasteiger partial charge on any atom is -0.365 e. The Morgan fingerprint density at radius 1 is 1.05 bits per heavy atom. The van der Waals surface area contributed by atoms with Crippen LogP contribution < -0.4 is 10.6 Å². The highest BCUT2D eigenvalue weighted by atomic mass is 16.1. The van der Waals surface area contributed by atoms with Gasteiger partial charge in [0.15, 0.2) is 5.69 Å². The standard InChI is InChI=1S/C17H22N4O/c1-2-3-7-12-18-17(22)15-10-11-16(21-20-15)19-13-14-8-5-4-6-9-14/h4-6,8-11H,2-3,7,12-13H2,1H3,(H,18,22)(H,19,21). The lowest BCUT2D eigenvalue weighted by molar-refractivity contribution is 0.0947. The third-order valence-electron chi connectivity index (χ3n) is 3.28. The number of hydrogen-bond acceptors (Lipinski definition) is 4. The Hall–Kier alpha value is -2.43. The molecule has 0 spiro atoms. The zero-order chi connectivity index (χ0) is 15.6. The monoisotopic (exact) mass is 298 g/mol. The number of nitrogens with zero attached hydrogens (tertiary/aromatic N) is 2. The number of rotatable bonds is 8. The van der Waals surface area contributed by atoms with Crippen LogP contribution in [-0.4, -0.2) is 22.6 Å². The Labute approximate surface area is 131 Å². The van der Waals surface area contributed by atoms with Crippen molar-refractivity contribution in [2.45, 2.75) is 32.7 Å². The summed E-state index contributed by atoms with van der Waals surface area (Å²) in [7, 11) is 0. The van der Waals surface area contributed by atoms with Gasteiger partial charge in [-0.05, 0) is 24.1 Å². The van der Waals surface area contributed by atoms with E-state index in [9.17, 15) is 4.79 Å². The summed E-state index contributed by atoms with van der Waals surface area (Å²) in [5, 5.41) is 14.0. The number of nitrogens with one attached hydrogen (secondary N) is 2. The molecule has 5 nitrogen and oxygen atoms in total. The van der Waals surface area contributed by atoms with Gasteiger partial charge in [0.25, 0.3) is 5.91 Å². The molecule has 1 heterocycles. The van der Waals surface area contributed by atoms with Gasteiger partial charge in [0.05, 0.1) is 0 Å². The number of unbranched alkanes of at least 4 members (excludes halogenated alkanes) is 2. The van der Waals surface area contributed by atoms with Crippen molar-refractivity contribution >= 4 is 11.7 Å². The highest BCUT2D eigenvalue weighted by Gasteiger charge is 2.07. The molecule has 0 unspecified atom stereocenters. The zero-order valence-corrected chi connectivity index (χ0v) is 12.9. The van der Waals surface area contributed by atoms with Crippen molar-refractivity contribution in [2.75, 3.05) is 11.9 Å². The average molecular weight is 298 g/mol. The molecule has 0 saturated carbocycles. The molecular weight excluding hydrogens is 276 g/mol. The fourth-order valence-corrected chi connectivity index (χ4v) is 2.00. The summed E-state index contributed by atoms with van der Waals surface area (Å²) in [6.45, 7) is 3.49. The van der Waals surface area contributed by atoms with Gasteiger partial charge in [0.1, 0.15) is 5.82 Å². The molecule has 2 N–H and O–H groups in total. The molecule has 0 fully saturated rings. The molecule has 0 aliphatic rings. The molecule has 1 aromatic carbocycles. The Kier molecular flexibility index (Phi) is 6.36. The van der Waals surface area contributed by atoms with E-state index in [1.54, 1.807) is 12.1 Å². The molecule has 0 saturated heterocycles. The molecule has 1 aromatic heterocycles. The molecule has 2 rings (SSSR count). The van der Waals surface area contributed by atoms with Crippen LogP contribution in [0.1, 0.15) is 42.2 Å². The molecule has 2 aromatic rings. The van der Waals surface area contributed by atoms with E-state index in [1.807, 2.05) is 30.3 Å². The topological polar surface area (TPSA) is 66.9 Å². The average Bonchev–Trinajstić information content (AvgIpc) is 2.58. The first-order valence-corrected chi connectivity index (χ1v) is 7.69. The van der Waals surface area contributed by atoms with Crippen LogP contribution in [0.15, 0.2) is 42.5 Å². The lowest BCUT2D eigenvalue weighted by Crippen LogP contribution is -2.25. The minimum absolute atomic E-state index is 0.168. The van der Waals surface area contributed by atoms with Gasteiger partial charge in [0.2, 0.25) is 0 Å². The molecule has 5 heteroatoms. The number of carbonyl (C=O) groups is 1. The van der Waals surface area contributed by atoms with Crippen LogP contribution >= 0.6 is 0 Å². The molecular formula is C17H22N4O. The third-order valence-corrected chi connectivity index (χ3v) is 3.28. The molecule has 0 bridgehead atoms. The first-order valence-electron chi connectivity index (χ1n) is 7.69. The molecule has 0 radical (unpaired) electrons. The second-order valence-electron chi connectivity index (χ2n) is 5.11. The van der Waals surface area contributed by atoms with E-state index < -0.39 is 0 Å². The normalized spacial score (nSPS) is 10.2. The predicted octanol–water partition coefficient (Wildman–Crippen LogP) is 3.01. The first-order chi connectivity index (χ1) is 10.8. The number of hydrogen-bond donors (Lipinski definition) is 2. The summed E-state index contributed by atoms with van der Waals surface area (Å²) >= 11 is 0. The maximum absolute atomic E-state index is 11.9. The number of aromatic nitrogens is 2. The highest BCUT2D eigenvalue weighted by Crippen LogP contribution is 2.06. The molecule has 22 heavy (non-hydrogen) atoms. The Bertz CT molecular complexity index is 569. The van der Waals surface area contributed by atoms with Crippen LogP contribution in [0.25, 0.3) is 0 Å². The Balaban J connectivity index is 1.81. The summed E-state index contributed by atoms with van der Waals surface area (Å²) in [6.07, 6.45) is 3.25.